The molecule has 4 nitrogen and oxygen atoms in total. The highest BCUT2D eigenvalue weighted by Gasteiger charge is 2.43. The van der Waals surface area contributed by atoms with Crippen molar-refractivity contribution in [3.05, 3.63) is 35.9 Å². The first kappa shape index (κ1) is 16.5. The van der Waals surface area contributed by atoms with E-state index < -0.39 is 0 Å². The van der Waals surface area contributed by atoms with Crippen molar-refractivity contribution in [1.29, 1.82) is 0 Å². The fourth-order valence-corrected chi connectivity index (χ4v) is 3.91. The Morgan fingerprint density at radius 2 is 2.00 bits per heavy atom. The van der Waals surface area contributed by atoms with Crippen LogP contribution in [0.5, 0.6) is 0 Å². The van der Waals surface area contributed by atoms with Gasteiger partial charge in [-0.15, -0.1) is 0 Å². The number of hydrogen-bond donors (Lipinski definition) is 0. The van der Waals surface area contributed by atoms with Gasteiger partial charge >= 0.3 is 0 Å². The molecule has 0 unspecified atom stereocenters. The van der Waals surface area contributed by atoms with Crippen molar-refractivity contribution in [1.82, 2.24) is 9.80 Å². The van der Waals surface area contributed by atoms with Crippen molar-refractivity contribution < 1.29 is 9.53 Å². The minimum atomic E-state index is -0.302. The zero-order valence-electron chi connectivity index (χ0n) is 14.3. The van der Waals surface area contributed by atoms with Gasteiger partial charge in [-0.3, -0.25) is 9.69 Å². The summed E-state index contributed by atoms with van der Waals surface area (Å²) >= 11 is 0. The highest BCUT2D eigenvalue weighted by atomic mass is 16.5. The third-order valence-corrected chi connectivity index (χ3v) is 5.19. The molecule has 0 aromatic heterocycles. The second-order valence-electron chi connectivity index (χ2n) is 6.91. The van der Waals surface area contributed by atoms with Gasteiger partial charge in [-0.25, -0.2) is 0 Å². The van der Waals surface area contributed by atoms with Crippen LogP contribution in [0.1, 0.15) is 38.7 Å². The average molecular weight is 316 g/mol. The lowest BCUT2D eigenvalue weighted by molar-refractivity contribution is -0.182. The van der Waals surface area contributed by atoms with Gasteiger partial charge in [-0.2, -0.15) is 0 Å². The molecule has 0 radical (unpaired) electrons. The molecule has 1 aromatic rings. The van der Waals surface area contributed by atoms with Crippen LogP contribution in [0.2, 0.25) is 0 Å². The molecule has 2 heterocycles. The Labute approximate surface area is 139 Å². The van der Waals surface area contributed by atoms with E-state index in [0.717, 1.165) is 52.0 Å². The van der Waals surface area contributed by atoms with Gasteiger partial charge in [0.15, 0.2) is 0 Å². The van der Waals surface area contributed by atoms with Crippen molar-refractivity contribution >= 4 is 5.91 Å². The smallest absolute Gasteiger partial charge is 0.251 e. The van der Waals surface area contributed by atoms with E-state index in [1.807, 2.05) is 11.8 Å². The Hall–Kier alpha value is -1.39. The quantitative estimate of drug-likeness (QED) is 0.859. The lowest BCUT2D eigenvalue weighted by Gasteiger charge is -2.44. The van der Waals surface area contributed by atoms with E-state index in [4.69, 9.17) is 4.74 Å². The number of amides is 1. The summed E-state index contributed by atoms with van der Waals surface area (Å²) in [5.74, 6) is 0.142. The number of morpholine rings is 1. The summed E-state index contributed by atoms with van der Waals surface area (Å²) in [6, 6.07) is 10.7. The van der Waals surface area contributed by atoms with E-state index in [1.54, 1.807) is 0 Å². The summed E-state index contributed by atoms with van der Waals surface area (Å²) in [4.78, 5) is 16.7. The SMILES string of the molecule is CCN1C[C@@]2(CCCN(Cc3ccccc3)CC2)O[C@H](C)C1=O. The number of rotatable bonds is 3. The summed E-state index contributed by atoms with van der Waals surface area (Å²) in [5, 5.41) is 0. The first-order chi connectivity index (χ1) is 11.1. The van der Waals surface area contributed by atoms with E-state index in [9.17, 15) is 4.79 Å². The molecule has 0 aliphatic carbocycles. The average Bonchev–Trinajstić information content (AvgIpc) is 2.75. The van der Waals surface area contributed by atoms with E-state index in [-0.39, 0.29) is 17.6 Å². The minimum Gasteiger partial charge on any atom is -0.360 e. The molecule has 23 heavy (non-hydrogen) atoms. The first-order valence-corrected chi connectivity index (χ1v) is 8.85. The van der Waals surface area contributed by atoms with Crippen LogP contribution in [0, 0.1) is 0 Å². The van der Waals surface area contributed by atoms with Crippen LogP contribution in [0.15, 0.2) is 30.3 Å². The number of likely N-dealkylation sites (tertiary alicyclic amines) is 1. The molecule has 2 fully saturated rings. The number of benzene rings is 1. The van der Waals surface area contributed by atoms with E-state index in [0.29, 0.717) is 0 Å². The summed E-state index contributed by atoms with van der Waals surface area (Å²) in [7, 11) is 0. The zero-order valence-corrected chi connectivity index (χ0v) is 14.3. The number of carbonyl (C=O) groups excluding carboxylic acids is 1. The summed E-state index contributed by atoms with van der Waals surface area (Å²) in [5.41, 5.74) is 1.22. The van der Waals surface area contributed by atoms with Gasteiger partial charge in [-0.1, -0.05) is 30.3 Å². The molecule has 0 N–H and O–H groups in total. The van der Waals surface area contributed by atoms with Crippen molar-refractivity contribution in [2.24, 2.45) is 0 Å². The van der Waals surface area contributed by atoms with Gasteiger partial charge < -0.3 is 9.64 Å². The molecule has 126 valence electrons. The van der Waals surface area contributed by atoms with Gasteiger partial charge in [0, 0.05) is 26.2 Å². The lowest BCUT2D eigenvalue weighted by Crippen LogP contribution is -2.58. The van der Waals surface area contributed by atoms with E-state index in [1.165, 1.54) is 5.56 Å². The molecule has 2 aliphatic heterocycles. The molecule has 1 amide bonds. The maximum absolute atomic E-state index is 12.2. The van der Waals surface area contributed by atoms with Gasteiger partial charge in [-0.05, 0) is 45.2 Å². The second kappa shape index (κ2) is 7.02. The van der Waals surface area contributed by atoms with Gasteiger partial charge in [0.25, 0.3) is 5.91 Å². The summed E-state index contributed by atoms with van der Waals surface area (Å²) < 4.78 is 6.22. The standard InChI is InChI=1S/C19H28N2O2/c1-3-21-15-19(23-16(2)18(21)22)10-7-12-20(13-11-19)14-17-8-5-4-6-9-17/h4-6,8-9,16H,3,7,10-15H2,1-2H3/t16-,19+/m1/s1. The van der Waals surface area contributed by atoms with Crippen molar-refractivity contribution in [2.45, 2.75) is 51.4 Å². The molecular formula is C19H28N2O2. The van der Waals surface area contributed by atoms with Crippen LogP contribution in [0.4, 0.5) is 0 Å². The summed E-state index contributed by atoms with van der Waals surface area (Å²) in [6.07, 6.45) is 2.88. The molecule has 2 atom stereocenters. The molecule has 3 rings (SSSR count). The Bertz CT molecular complexity index is 533. The lowest BCUT2D eigenvalue weighted by atomic mass is 9.91. The van der Waals surface area contributed by atoms with Gasteiger partial charge in [0.05, 0.1) is 5.60 Å². The normalized spacial score (nSPS) is 29.7. The van der Waals surface area contributed by atoms with E-state index in [2.05, 4.69) is 42.2 Å². The fourth-order valence-electron chi connectivity index (χ4n) is 3.91. The Balaban J connectivity index is 1.64. The number of carbonyl (C=O) groups is 1. The van der Waals surface area contributed by atoms with Crippen LogP contribution < -0.4 is 0 Å². The Kier molecular flexibility index (Phi) is 5.02. The van der Waals surface area contributed by atoms with Crippen LogP contribution in [0.25, 0.3) is 0 Å². The number of nitrogens with zero attached hydrogens (tertiary/aromatic N) is 2. The van der Waals surface area contributed by atoms with Crippen LogP contribution in [-0.4, -0.2) is 53.6 Å². The van der Waals surface area contributed by atoms with Crippen LogP contribution in [0.3, 0.4) is 0 Å². The predicted octanol–water partition coefficient (Wildman–Crippen LogP) is 2.68. The van der Waals surface area contributed by atoms with E-state index >= 15 is 0 Å². The van der Waals surface area contributed by atoms with Crippen molar-refractivity contribution in [2.75, 3.05) is 26.2 Å². The number of ether oxygens (including phenoxy) is 1. The predicted molar refractivity (Wildman–Crippen MR) is 91.1 cm³/mol. The third kappa shape index (κ3) is 3.75. The van der Waals surface area contributed by atoms with Crippen LogP contribution in [-0.2, 0) is 16.1 Å². The first-order valence-electron chi connectivity index (χ1n) is 8.85. The third-order valence-electron chi connectivity index (χ3n) is 5.19. The van der Waals surface area contributed by atoms with Crippen molar-refractivity contribution in [3.8, 4) is 0 Å². The number of hydrogen-bond acceptors (Lipinski definition) is 3. The van der Waals surface area contributed by atoms with Gasteiger partial charge in [0.2, 0.25) is 0 Å². The second-order valence-corrected chi connectivity index (χ2v) is 6.91. The van der Waals surface area contributed by atoms with Crippen LogP contribution >= 0.6 is 0 Å². The molecular weight excluding hydrogens is 288 g/mol. The summed E-state index contributed by atoms with van der Waals surface area (Å²) in [6.45, 7) is 8.64. The topological polar surface area (TPSA) is 32.8 Å². The zero-order chi connectivity index (χ0) is 16.3. The highest BCUT2D eigenvalue weighted by molar-refractivity contribution is 5.81. The van der Waals surface area contributed by atoms with Crippen molar-refractivity contribution in [3.63, 3.8) is 0 Å². The molecule has 1 aromatic carbocycles. The highest BCUT2D eigenvalue weighted by Crippen LogP contribution is 2.33. The number of likely N-dealkylation sites (N-methyl/N-ethyl adjacent to an activating group) is 1. The molecule has 4 heteroatoms. The van der Waals surface area contributed by atoms with Gasteiger partial charge in [0.1, 0.15) is 6.10 Å². The molecule has 0 saturated carbocycles. The molecule has 2 saturated heterocycles. The Morgan fingerprint density at radius 1 is 1.22 bits per heavy atom. The maximum atomic E-state index is 12.2. The molecule has 1 spiro atoms. The maximum Gasteiger partial charge on any atom is 0.251 e. The largest absolute Gasteiger partial charge is 0.360 e. The molecule has 2 aliphatic rings. The molecule has 0 bridgehead atoms. The Morgan fingerprint density at radius 3 is 2.74 bits per heavy atom. The monoisotopic (exact) mass is 316 g/mol. The minimum absolute atomic E-state index is 0.142. The fraction of sp³-hybridized carbons (Fsp3) is 0.632.